The predicted octanol–water partition coefficient (Wildman–Crippen LogP) is 2.62. The fraction of sp³-hybridized carbons (Fsp3) is 0.519. The SMILES string of the molecule is O=C(NC[C@H]1C[C@]23CCN(CC4CC4)[C@H](Cc4ccc(O)cc42)[C@]3(O)CO1)c1ccccc1. The molecule has 2 heterocycles. The minimum Gasteiger partial charge on any atom is -0.508 e. The van der Waals surface area contributed by atoms with Crippen LogP contribution in [-0.4, -0.2) is 65.0 Å². The van der Waals surface area contributed by atoms with Gasteiger partial charge in [0.1, 0.15) is 11.4 Å². The van der Waals surface area contributed by atoms with Crippen LogP contribution in [0.2, 0.25) is 0 Å². The topological polar surface area (TPSA) is 82.0 Å². The van der Waals surface area contributed by atoms with Crippen molar-refractivity contribution in [3.8, 4) is 5.75 Å². The number of benzene rings is 2. The predicted molar refractivity (Wildman–Crippen MR) is 124 cm³/mol. The molecular formula is C27H32N2O4. The maximum atomic E-state index is 12.6. The van der Waals surface area contributed by atoms with Gasteiger partial charge in [-0.15, -0.1) is 0 Å². The molecule has 2 saturated heterocycles. The first-order valence-electron chi connectivity index (χ1n) is 12.2. The van der Waals surface area contributed by atoms with Gasteiger partial charge in [0.15, 0.2) is 0 Å². The second-order valence-electron chi connectivity index (χ2n) is 10.5. The number of phenols is 1. The average molecular weight is 449 g/mol. The van der Waals surface area contributed by atoms with Crippen LogP contribution in [0.25, 0.3) is 0 Å². The summed E-state index contributed by atoms with van der Waals surface area (Å²) in [6, 6.07) is 14.9. The highest BCUT2D eigenvalue weighted by atomic mass is 16.5. The fourth-order valence-corrected chi connectivity index (χ4v) is 6.59. The van der Waals surface area contributed by atoms with Gasteiger partial charge in [0, 0.05) is 30.1 Å². The summed E-state index contributed by atoms with van der Waals surface area (Å²) in [6.45, 7) is 2.64. The zero-order valence-corrected chi connectivity index (χ0v) is 18.9. The number of nitrogens with zero attached hydrogens (tertiary/aromatic N) is 1. The first kappa shape index (κ1) is 21.1. The van der Waals surface area contributed by atoms with Crippen LogP contribution in [0.5, 0.6) is 5.75 Å². The van der Waals surface area contributed by atoms with Crippen LogP contribution in [-0.2, 0) is 16.6 Å². The molecule has 4 aliphatic rings. The van der Waals surface area contributed by atoms with E-state index in [0.717, 1.165) is 37.4 Å². The van der Waals surface area contributed by atoms with E-state index in [4.69, 9.17) is 4.74 Å². The maximum absolute atomic E-state index is 12.6. The van der Waals surface area contributed by atoms with Crippen molar-refractivity contribution in [2.45, 2.75) is 55.3 Å². The third kappa shape index (κ3) is 3.47. The molecule has 2 aliphatic heterocycles. The van der Waals surface area contributed by atoms with Gasteiger partial charge in [-0.05, 0) is 80.0 Å². The molecule has 2 aliphatic carbocycles. The number of aromatic hydroxyl groups is 1. The van der Waals surface area contributed by atoms with Crippen LogP contribution in [0.1, 0.15) is 47.2 Å². The molecule has 2 bridgehead atoms. The van der Waals surface area contributed by atoms with Gasteiger partial charge in [0.2, 0.25) is 0 Å². The van der Waals surface area contributed by atoms with Crippen molar-refractivity contribution in [3.05, 3.63) is 65.2 Å². The maximum Gasteiger partial charge on any atom is 0.251 e. The molecule has 0 unspecified atom stereocenters. The third-order valence-corrected chi connectivity index (χ3v) is 8.50. The Bertz CT molecular complexity index is 1060. The van der Waals surface area contributed by atoms with Crippen molar-refractivity contribution < 1.29 is 19.7 Å². The summed E-state index contributed by atoms with van der Waals surface area (Å²) in [6.07, 6.45) is 4.62. The van der Waals surface area contributed by atoms with E-state index in [1.54, 1.807) is 18.2 Å². The van der Waals surface area contributed by atoms with Crippen LogP contribution in [0.4, 0.5) is 0 Å². The molecule has 2 aromatic rings. The molecule has 6 heteroatoms. The van der Waals surface area contributed by atoms with Gasteiger partial charge < -0.3 is 20.3 Å². The zero-order valence-electron chi connectivity index (χ0n) is 18.9. The molecular weight excluding hydrogens is 416 g/mol. The number of hydrogen-bond acceptors (Lipinski definition) is 5. The number of carbonyl (C=O) groups is 1. The standard InChI is InChI=1S/C27H32N2O4/c30-21-9-8-20-12-24-27(32)17-33-22(15-28-25(31)19-4-2-1-3-5-19)14-26(27,23(20)13-21)10-11-29(24)16-18-6-7-18/h1-5,8-9,13,18,22,24,30,32H,6-7,10-12,14-17H2,(H,28,31)/t22-,24-,26-,27-/m1/s1. The molecule has 1 saturated carbocycles. The van der Waals surface area contributed by atoms with E-state index in [1.807, 2.05) is 30.3 Å². The van der Waals surface area contributed by atoms with E-state index >= 15 is 0 Å². The first-order chi connectivity index (χ1) is 16.0. The number of carbonyl (C=O) groups excluding carboxylic acids is 1. The number of likely N-dealkylation sites (tertiary alicyclic amines) is 1. The summed E-state index contributed by atoms with van der Waals surface area (Å²) in [5.74, 6) is 0.883. The Hall–Kier alpha value is -2.41. The quantitative estimate of drug-likeness (QED) is 0.655. The van der Waals surface area contributed by atoms with Gasteiger partial charge in [-0.3, -0.25) is 9.69 Å². The number of hydrogen-bond donors (Lipinski definition) is 3. The molecule has 3 N–H and O–H groups in total. The van der Waals surface area contributed by atoms with E-state index in [0.29, 0.717) is 18.5 Å². The van der Waals surface area contributed by atoms with Crippen LogP contribution < -0.4 is 5.32 Å². The van der Waals surface area contributed by atoms with E-state index in [2.05, 4.69) is 10.2 Å². The molecule has 2 aromatic carbocycles. The van der Waals surface area contributed by atoms with Gasteiger partial charge in [0.25, 0.3) is 5.91 Å². The molecule has 0 radical (unpaired) electrons. The Morgan fingerprint density at radius 3 is 2.79 bits per heavy atom. The van der Waals surface area contributed by atoms with Crippen LogP contribution in [0.3, 0.4) is 0 Å². The number of amides is 1. The van der Waals surface area contributed by atoms with Crippen molar-refractivity contribution in [1.82, 2.24) is 10.2 Å². The largest absolute Gasteiger partial charge is 0.508 e. The summed E-state index contributed by atoms with van der Waals surface area (Å²) in [4.78, 5) is 15.1. The fourth-order valence-electron chi connectivity index (χ4n) is 6.59. The lowest BCUT2D eigenvalue weighted by Gasteiger charge is -2.64. The van der Waals surface area contributed by atoms with Crippen molar-refractivity contribution in [2.75, 3.05) is 26.2 Å². The van der Waals surface area contributed by atoms with Gasteiger partial charge in [-0.25, -0.2) is 0 Å². The second kappa shape index (κ2) is 7.83. The number of nitrogens with one attached hydrogen (secondary N) is 1. The minimum atomic E-state index is -0.999. The summed E-state index contributed by atoms with van der Waals surface area (Å²) in [7, 11) is 0. The first-order valence-corrected chi connectivity index (χ1v) is 12.2. The summed E-state index contributed by atoms with van der Waals surface area (Å²) < 4.78 is 6.23. The molecule has 6 rings (SSSR count). The lowest BCUT2D eigenvalue weighted by molar-refractivity contribution is -0.226. The number of aliphatic hydroxyl groups is 1. The number of ether oxygens (including phenoxy) is 1. The Morgan fingerprint density at radius 2 is 2.00 bits per heavy atom. The Morgan fingerprint density at radius 1 is 1.18 bits per heavy atom. The highest BCUT2D eigenvalue weighted by Gasteiger charge is 2.65. The summed E-state index contributed by atoms with van der Waals surface area (Å²) >= 11 is 0. The van der Waals surface area contributed by atoms with Gasteiger partial charge >= 0.3 is 0 Å². The molecule has 6 nitrogen and oxygen atoms in total. The van der Waals surface area contributed by atoms with Crippen LogP contribution >= 0.6 is 0 Å². The van der Waals surface area contributed by atoms with Crippen molar-refractivity contribution in [3.63, 3.8) is 0 Å². The smallest absolute Gasteiger partial charge is 0.251 e. The van der Waals surface area contributed by atoms with E-state index in [9.17, 15) is 15.0 Å². The van der Waals surface area contributed by atoms with Crippen LogP contribution in [0.15, 0.2) is 48.5 Å². The molecule has 4 atom stereocenters. The van der Waals surface area contributed by atoms with Gasteiger partial charge in [-0.1, -0.05) is 24.3 Å². The summed E-state index contributed by atoms with van der Waals surface area (Å²) in [5, 5.41) is 25.6. The molecule has 0 spiro atoms. The molecule has 3 fully saturated rings. The lowest BCUT2D eigenvalue weighted by atomic mass is 9.52. The lowest BCUT2D eigenvalue weighted by Crippen LogP contribution is -2.76. The number of piperidine rings is 1. The zero-order chi connectivity index (χ0) is 22.6. The van der Waals surface area contributed by atoms with E-state index < -0.39 is 11.0 Å². The van der Waals surface area contributed by atoms with Crippen LogP contribution in [0, 0.1) is 5.92 Å². The Labute approximate surface area is 194 Å². The molecule has 0 aromatic heterocycles. The average Bonchev–Trinajstić information content (AvgIpc) is 3.64. The Balaban J connectivity index is 1.28. The van der Waals surface area contributed by atoms with Crippen molar-refractivity contribution in [2.24, 2.45) is 5.92 Å². The normalized spacial score (nSPS) is 33.1. The Kier molecular flexibility index (Phi) is 5.02. The third-order valence-electron chi connectivity index (χ3n) is 8.50. The second-order valence-corrected chi connectivity index (χ2v) is 10.5. The van der Waals surface area contributed by atoms with Crippen molar-refractivity contribution >= 4 is 5.91 Å². The molecule has 174 valence electrons. The number of phenolic OH excluding ortho intramolecular Hbond substituents is 1. The molecule has 33 heavy (non-hydrogen) atoms. The van der Waals surface area contributed by atoms with E-state index in [1.165, 1.54) is 18.4 Å². The van der Waals surface area contributed by atoms with Crippen molar-refractivity contribution in [1.29, 1.82) is 0 Å². The minimum absolute atomic E-state index is 0.0174. The number of fused-ring (bicyclic) bond motifs is 1. The highest BCUT2D eigenvalue weighted by Crippen LogP contribution is 2.57. The highest BCUT2D eigenvalue weighted by molar-refractivity contribution is 5.94. The number of rotatable bonds is 5. The van der Waals surface area contributed by atoms with Gasteiger partial charge in [-0.2, -0.15) is 0 Å². The van der Waals surface area contributed by atoms with Gasteiger partial charge in [0.05, 0.1) is 12.7 Å². The van der Waals surface area contributed by atoms with E-state index in [-0.39, 0.29) is 30.4 Å². The monoisotopic (exact) mass is 448 g/mol. The summed E-state index contributed by atoms with van der Waals surface area (Å²) in [5.41, 5.74) is 1.43. The molecule has 1 amide bonds.